The lowest BCUT2D eigenvalue weighted by molar-refractivity contribution is -0.105. The third-order valence-electron chi connectivity index (χ3n) is 4.79. The maximum Gasteiger partial charge on any atom is 0.358 e. The third-order valence-corrected chi connectivity index (χ3v) is 4.79. The van der Waals surface area contributed by atoms with Crippen molar-refractivity contribution in [2.75, 3.05) is 6.61 Å². The zero-order valence-corrected chi connectivity index (χ0v) is 16.6. The highest BCUT2D eigenvalue weighted by Gasteiger charge is 2.26. The van der Waals surface area contributed by atoms with Crippen molar-refractivity contribution in [2.24, 2.45) is 11.6 Å². The van der Waals surface area contributed by atoms with Gasteiger partial charge in [0, 0.05) is 24.8 Å². The summed E-state index contributed by atoms with van der Waals surface area (Å²) < 4.78 is 8.75. The Bertz CT molecular complexity index is 1130. The van der Waals surface area contributed by atoms with E-state index in [0.29, 0.717) is 23.5 Å². The Labute approximate surface area is 172 Å². The van der Waals surface area contributed by atoms with Crippen LogP contribution < -0.4 is 11.6 Å². The lowest BCUT2D eigenvalue weighted by Crippen LogP contribution is -2.26. The molecule has 0 atom stereocenters. The van der Waals surface area contributed by atoms with Gasteiger partial charge in [0.05, 0.1) is 30.2 Å². The van der Waals surface area contributed by atoms with E-state index >= 15 is 0 Å². The molecular weight excluding hydrogens is 386 g/mol. The molecule has 3 aromatic rings. The van der Waals surface area contributed by atoms with E-state index in [1.165, 1.54) is 16.8 Å². The second-order valence-electron chi connectivity index (χ2n) is 7.20. The van der Waals surface area contributed by atoms with E-state index in [-0.39, 0.29) is 24.5 Å². The van der Waals surface area contributed by atoms with Crippen LogP contribution in [-0.2, 0) is 16.1 Å². The minimum absolute atomic E-state index is 0.0304. The van der Waals surface area contributed by atoms with Crippen LogP contribution in [0.3, 0.4) is 0 Å². The summed E-state index contributed by atoms with van der Waals surface area (Å²) in [5.74, 6) is 5.97. The molecule has 0 spiro atoms. The summed E-state index contributed by atoms with van der Waals surface area (Å²) in [6.45, 7) is 2.31. The lowest BCUT2D eigenvalue weighted by Gasteiger charge is -2.11. The standard InChI is InChI=1S/C20H23N7O3/c1-2-30-20(29)17-10-26(12-23-17)18-5-14(13-3-4-13)6-25-8-16(24-19(18)25)9-27(22)7-15(21)11-28/h5-8,10-13H,2-4,9,21-22H2,1H3/b15-7-. The average molecular weight is 409 g/mol. The number of aromatic nitrogens is 4. The highest BCUT2D eigenvalue weighted by atomic mass is 16.5. The molecule has 0 aliphatic heterocycles. The molecule has 0 aromatic carbocycles. The van der Waals surface area contributed by atoms with Crippen LogP contribution in [-0.4, -0.2) is 42.8 Å². The van der Waals surface area contributed by atoms with Gasteiger partial charge in [-0.2, -0.15) is 0 Å². The van der Waals surface area contributed by atoms with Crippen molar-refractivity contribution < 1.29 is 14.3 Å². The minimum atomic E-state index is -0.465. The van der Waals surface area contributed by atoms with Crippen LogP contribution >= 0.6 is 0 Å². The zero-order chi connectivity index (χ0) is 21.3. The fourth-order valence-electron chi connectivity index (χ4n) is 3.28. The topological polar surface area (TPSA) is 134 Å². The molecule has 156 valence electrons. The second-order valence-corrected chi connectivity index (χ2v) is 7.20. The van der Waals surface area contributed by atoms with E-state index in [1.807, 2.05) is 10.6 Å². The van der Waals surface area contributed by atoms with Gasteiger partial charge in [-0.3, -0.25) is 4.79 Å². The van der Waals surface area contributed by atoms with Crippen molar-refractivity contribution in [1.82, 2.24) is 23.9 Å². The molecule has 10 heteroatoms. The van der Waals surface area contributed by atoms with E-state index in [0.717, 1.165) is 18.5 Å². The SMILES string of the molecule is CCOC(=O)c1cn(-c2cc(C3CC3)cn3cc(CN(N)/C=C(\N)C=O)nc23)cn1. The number of carbonyl (C=O) groups is 2. The van der Waals surface area contributed by atoms with Gasteiger partial charge < -0.3 is 24.4 Å². The number of fused-ring (bicyclic) bond motifs is 1. The highest BCUT2D eigenvalue weighted by Crippen LogP contribution is 2.41. The van der Waals surface area contributed by atoms with Crippen molar-refractivity contribution in [3.63, 3.8) is 0 Å². The maximum atomic E-state index is 12.0. The average Bonchev–Trinajstić information content (AvgIpc) is 3.31. The smallest absolute Gasteiger partial charge is 0.358 e. The van der Waals surface area contributed by atoms with E-state index in [4.69, 9.17) is 21.3 Å². The molecule has 10 nitrogen and oxygen atoms in total. The maximum absolute atomic E-state index is 12.0. The number of hydrogen-bond acceptors (Lipinski definition) is 8. The van der Waals surface area contributed by atoms with Gasteiger partial charge in [0.25, 0.3) is 0 Å². The number of ether oxygens (including phenoxy) is 1. The highest BCUT2D eigenvalue weighted by molar-refractivity contribution is 5.87. The number of pyridine rings is 1. The summed E-state index contributed by atoms with van der Waals surface area (Å²) >= 11 is 0. The third kappa shape index (κ3) is 4.03. The predicted molar refractivity (Wildman–Crippen MR) is 108 cm³/mol. The van der Waals surface area contributed by atoms with Crippen LogP contribution in [0.5, 0.6) is 0 Å². The molecule has 0 radical (unpaired) electrons. The molecule has 1 aliphatic rings. The van der Waals surface area contributed by atoms with E-state index in [2.05, 4.69) is 17.2 Å². The summed E-state index contributed by atoms with van der Waals surface area (Å²) in [7, 11) is 0. The number of carbonyl (C=O) groups excluding carboxylic acids is 2. The first-order valence-electron chi connectivity index (χ1n) is 9.65. The first-order chi connectivity index (χ1) is 14.5. The van der Waals surface area contributed by atoms with Gasteiger partial charge in [0.15, 0.2) is 17.6 Å². The van der Waals surface area contributed by atoms with Gasteiger partial charge in [0.1, 0.15) is 6.33 Å². The summed E-state index contributed by atoms with van der Waals surface area (Å²) in [6.07, 6.45) is 11.4. The first kappa shape index (κ1) is 19.6. The van der Waals surface area contributed by atoms with Crippen molar-refractivity contribution in [3.05, 3.63) is 59.8 Å². The van der Waals surface area contributed by atoms with E-state index in [1.54, 1.807) is 24.0 Å². The fraction of sp³-hybridized carbons (Fsp3) is 0.300. The molecule has 30 heavy (non-hydrogen) atoms. The van der Waals surface area contributed by atoms with Gasteiger partial charge in [-0.1, -0.05) is 0 Å². The summed E-state index contributed by atoms with van der Waals surface area (Å²) in [4.78, 5) is 31.6. The largest absolute Gasteiger partial charge is 0.461 e. The Morgan fingerprint density at radius 2 is 2.17 bits per heavy atom. The zero-order valence-electron chi connectivity index (χ0n) is 16.6. The quantitative estimate of drug-likeness (QED) is 0.187. The number of esters is 1. The van der Waals surface area contributed by atoms with Crippen LogP contribution in [0, 0.1) is 0 Å². The van der Waals surface area contributed by atoms with E-state index in [9.17, 15) is 9.59 Å². The minimum Gasteiger partial charge on any atom is -0.461 e. The number of nitrogens with two attached hydrogens (primary N) is 2. The normalized spacial score (nSPS) is 14.1. The monoisotopic (exact) mass is 409 g/mol. The fourth-order valence-corrected chi connectivity index (χ4v) is 3.28. The van der Waals surface area contributed by atoms with Crippen LogP contribution in [0.15, 0.2) is 42.9 Å². The molecule has 4 rings (SSSR count). The number of allylic oxidation sites excluding steroid dienone is 1. The van der Waals surface area contributed by atoms with Crippen molar-refractivity contribution in [2.45, 2.75) is 32.2 Å². The van der Waals surface area contributed by atoms with E-state index < -0.39 is 5.97 Å². The van der Waals surface area contributed by atoms with Crippen molar-refractivity contribution >= 4 is 17.9 Å². The molecule has 0 unspecified atom stereocenters. The van der Waals surface area contributed by atoms with Gasteiger partial charge >= 0.3 is 5.97 Å². The molecule has 1 fully saturated rings. The Morgan fingerprint density at radius 1 is 1.37 bits per heavy atom. The lowest BCUT2D eigenvalue weighted by atomic mass is 10.2. The molecule has 4 N–H and O–H groups in total. The number of hydrazine groups is 1. The number of nitrogens with zero attached hydrogens (tertiary/aromatic N) is 5. The molecule has 0 bridgehead atoms. The van der Waals surface area contributed by atoms with Gasteiger partial charge in [-0.05, 0) is 37.3 Å². The summed E-state index contributed by atoms with van der Waals surface area (Å²) in [5, 5.41) is 1.31. The molecule has 3 heterocycles. The second kappa shape index (κ2) is 7.99. The van der Waals surface area contributed by atoms with Crippen LogP contribution in [0.2, 0.25) is 0 Å². The molecule has 1 aliphatic carbocycles. The number of imidazole rings is 2. The Kier molecular flexibility index (Phi) is 5.23. The molecule has 1 saturated carbocycles. The van der Waals surface area contributed by atoms with Gasteiger partial charge in [0.2, 0.25) is 0 Å². The van der Waals surface area contributed by atoms with Crippen molar-refractivity contribution in [1.29, 1.82) is 0 Å². The summed E-state index contributed by atoms with van der Waals surface area (Å²) in [6, 6.07) is 2.07. The Hall–Kier alpha value is -3.66. The van der Waals surface area contributed by atoms with Crippen LogP contribution in [0.4, 0.5) is 0 Å². The molecular formula is C20H23N7O3. The summed E-state index contributed by atoms with van der Waals surface area (Å²) in [5.41, 5.74) is 9.18. The predicted octanol–water partition coefficient (Wildman–Crippen LogP) is 1.25. The van der Waals surface area contributed by atoms with Gasteiger partial charge in [-0.15, -0.1) is 0 Å². The van der Waals surface area contributed by atoms with Crippen molar-refractivity contribution in [3.8, 4) is 5.69 Å². The number of rotatable bonds is 8. The number of aldehydes is 1. The molecule has 0 saturated heterocycles. The molecule has 3 aromatic heterocycles. The Morgan fingerprint density at radius 3 is 2.87 bits per heavy atom. The van der Waals surface area contributed by atoms with Crippen LogP contribution in [0.25, 0.3) is 11.3 Å². The van der Waals surface area contributed by atoms with Gasteiger partial charge in [-0.25, -0.2) is 20.6 Å². The Balaban J connectivity index is 1.72. The van der Waals surface area contributed by atoms with Crippen LogP contribution in [0.1, 0.15) is 47.4 Å². The first-order valence-corrected chi connectivity index (χ1v) is 9.65. The molecule has 0 amide bonds. The number of hydrogen-bond donors (Lipinski definition) is 2.